The highest BCUT2D eigenvalue weighted by molar-refractivity contribution is 5.37. The lowest BCUT2D eigenvalue weighted by Crippen LogP contribution is -2.18. The predicted molar refractivity (Wildman–Crippen MR) is 75.1 cm³/mol. The van der Waals surface area contributed by atoms with Gasteiger partial charge in [-0.1, -0.05) is 24.6 Å². The van der Waals surface area contributed by atoms with Gasteiger partial charge in [0.15, 0.2) is 0 Å². The molecule has 0 radical (unpaired) electrons. The second-order valence-electron chi connectivity index (χ2n) is 4.75. The van der Waals surface area contributed by atoms with E-state index in [1.54, 1.807) is 0 Å². The molecule has 0 fully saturated rings. The number of aryl methyl sites for hydroxylation is 1. The van der Waals surface area contributed by atoms with Crippen LogP contribution in [-0.2, 0) is 11.2 Å². The van der Waals surface area contributed by atoms with Gasteiger partial charge in [0, 0.05) is 12.6 Å². The predicted octanol–water partition coefficient (Wildman–Crippen LogP) is 2.69. The molecule has 0 aliphatic carbocycles. The van der Waals surface area contributed by atoms with E-state index in [1.165, 1.54) is 11.1 Å². The molecule has 3 nitrogen and oxygen atoms in total. The van der Waals surface area contributed by atoms with Crippen molar-refractivity contribution < 1.29 is 9.47 Å². The average molecular weight is 251 g/mol. The van der Waals surface area contributed by atoms with E-state index in [9.17, 15) is 0 Å². The highest BCUT2D eigenvalue weighted by Crippen LogP contribution is 2.21. The lowest BCUT2D eigenvalue weighted by molar-refractivity contribution is 0.100. The van der Waals surface area contributed by atoms with E-state index in [0.29, 0.717) is 13.2 Å². The summed E-state index contributed by atoms with van der Waals surface area (Å²) >= 11 is 0. The summed E-state index contributed by atoms with van der Waals surface area (Å²) < 4.78 is 11.2. The van der Waals surface area contributed by atoms with Crippen LogP contribution >= 0.6 is 0 Å². The van der Waals surface area contributed by atoms with Crippen molar-refractivity contribution in [3.8, 4) is 5.75 Å². The summed E-state index contributed by atoms with van der Waals surface area (Å²) in [5.41, 5.74) is 8.27. The molecule has 0 aliphatic rings. The van der Waals surface area contributed by atoms with Crippen LogP contribution < -0.4 is 10.5 Å². The van der Waals surface area contributed by atoms with Gasteiger partial charge in [0.05, 0.1) is 6.61 Å². The normalized spacial score (nSPS) is 12.4. The zero-order chi connectivity index (χ0) is 13.4. The molecule has 0 heterocycles. The fourth-order valence-electron chi connectivity index (χ4n) is 1.81. The number of hydrogen-bond donors (Lipinski definition) is 1. The van der Waals surface area contributed by atoms with Gasteiger partial charge in [0.1, 0.15) is 12.4 Å². The fourth-order valence-corrected chi connectivity index (χ4v) is 1.81. The summed E-state index contributed by atoms with van der Waals surface area (Å²) in [6.45, 7) is 8.22. The minimum atomic E-state index is 0.144. The Morgan fingerprint density at radius 1 is 1.22 bits per heavy atom. The van der Waals surface area contributed by atoms with Gasteiger partial charge in [-0.3, -0.25) is 0 Å². The molecule has 0 bridgehead atoms. The Hall–Kier alpha value is -1.06. The molecule has 2 N–H and O–H groups in total. The first kappa shape index (κ1) is 15.0. The Bertz CT molecular complexity index is 350. The molecule has 0 saturated heterocycles. The van der Waals surface area contributed by atoms with Crippen molar-refractivity contribution in [1.82, 2.24) is 0 Å². The van der Waals surface area contributed by atoms with Gasteiger partial charge in [0.25, 0.3) is 0 Å². The molecule has 18 heavy (non-hydrogen) atoms. The lowest BCUT2D eigenvalue weighted by atomic mass is 10.0. The monoisotopic (exact) mass is 251 g/mol. The number of rotatable bonds is 8. The quantitative estimate of drug-likeness (QED) is 0.722. The first-order chi connectivity index (χ1) is 8.63. The van der Waals surface area contributed by atoms with E-state index in [2.05, 4.69) is 26.0 Å². The molecule has 3 heteroatoms. The third-order valence-corrected chi connectivity index (χ3v) is 2.59. The molecule has 0 amide bonds. The molecule has 102 valence electrons. The number of benzene rings is 1. The van der Waals surface area contributed by atoms with Crippen molar-refractivity contribution >= 4 is 0 Å². The Balaban J connectivity index is 2.52. The van der Waals surface area contributed by atoms with Crippen molar-refractivity contribution in [2.45, 2.75) is 39.7 Å². The third-order valence-electron chi connectivity index (χ3n) is 2.59. The van der Waals surface area contributed by atoms with Crippen LogP contribution in [0, 0.1) is 6.92 Å². The third kappa shape index (κ3) is 5.52. The molecule has 0 aliphatic heterocycles. The van der Waals surface area contributed by atoms with Crippen LogP contribution in [0.1, 0.15) is 31.4 Å². The fraction of sp³-hybridized carbons (Fsp3) is 0.600. The van der Waals surface area contributed by atoms with E-state index in [4.69, 9.17) is 15.2 Å². The van der Waals surface area contributed by atoms with Crippen molar-refractivity contribution in [2.24, 2.45) is 5.73 Å². The second-order valence-corrected chi connectivity index (χ2v) is 4.75. The second kappa shape index (κ2) is 8.11. The molecular formula is C15H25NO2. The molecule has 1 atom stereocenters. The van der Waals surface area contributed by atoms with E-state index in [1.807, 2.05) is 13.0 Å². The van der Waals surface area contributed by atoms with Gasteiger partial charge in [-0.05, 0) is 38.3 Å². The summed E-state index contributed by atoms with van der Waals surface area (Å²) in [5, 5.41) is 0. The summed E-state index contributed by atoms with van der Waals surface area (Å²) in [7, 11) is 0. The molecule has 0 aromatic heterocycles. The van der Waals surface area contributed by atoms with Crippen molar-refractivity contribution in [1.29, 1.82) is 0 Å². The van der Waals surface area contributed by atoms with Gasteiger partial charge < -0.3 is 15.2 Å². The van der Waals surface area contributed by atoms with Gasteiger partial charge >= 0.3 is 0 Å². The maximum absolute atomic E-state index is 5.86. The van der Waals surface area contributed by atoms with Crippen molar-refractivity contribution in [3.63, 3.8) is 0 Å². The number of ether oxygens (including phenoxy) is 2. The molecule has 0 spiro atoms. The molecule has 0 saturated carbocycles. The maximum Gasteiger partial charge on any atom is 0.122 e. The van der Waals surface area contributed by atoms with Crippen LogP contribution in [0.2, 0.25) is 0 Å². The highest BCUT2D eigenvalue weighted by Gasteiger charge is 2.06. The van der Waals surface area contributed by atoms with Crippen LogP contribution in [0.15, 0.2) is 18.2 Å². The Labute approximate surface area is 110 Å². The minimum absolute atomic E-state index is 0.144. The molecule has 1 rings (SSSR count). The topological polar surface area (TPSA) is 44.5 Å². The van der Waals surface area contributed by atoms with E-state index < -0.39 is 0 Å². The lowest BCUT2D eigenvalue weighted by Gasteiger charge is -2.14. The SMILES string of the molecule is CCCOCCOc1ccc(C)cc1CC(C)N. The summed E-state index contributed by atoms with van der Waals surface area (Å²) in [4.78, 5) is 0. The Morgan fingerprint density at radius 2 is 2.00 bits per heavy atom. The van der Waals surface area contributed by atoms with E-state index >= 15 is 0 Å². The number of nitrogens with two attached hydrogens (primary N) is 1. The van der Waals surface area contributed by atoms with E-state index in [-0.39, 0.29) is 6.04 Å². The summed E-state index contributed by atoms with van der Waals surface area (Å²) in [6, 6.07) is 6.37. The van der Waals surface area contributed by atoms with E-state index in [0.717, 1.165) is 25.2 Å². The van der Waals surface area contributed by atoms with Gasteiger partial charge in [-0.15, -0.1) is 0 Å². The Morgan fingerprint density at radius 3 is 2.67 bits per heavy atom. The summed E-state index contributed by atoms with van der Waals surface area (Å²) in [6.07, 6.45) is 1.88. The average Bonchev–Trinajstić information content (AvgIpc) is 2.30. The zero-order valence-corrected chi connectivity index (χ0v) is 11.7. The minimum Gasteiger partial charge on any atom is -0.491 e. The largest absolute Gasteiger partial charge is 0.491 e. The van der Waals surface area contributed by atoms with Crippen molar-refractivity contribution in [2.75, 3.05) is 19.8 Å². The van der Waals surface area contributed by atoms with Crippen LogP contribution in [0.25, 0.3) is 0 Å². The Kier molecular flexibility index (Phi) is 6.76. The molecular weight excluding hydrogens is 226 g/mol. The van der Waals surface area contributed by atoms with Crippen molar-refractivity contribution in [3.05, 3.63) is 29.3 Å². The maximum atomic E-state index is 5.86. The molecule has 1 aromatic carbocycles. The highest BCUT2D eigenvalue weighted by atomic mass is 16.5. The number of hydrogen-bond acceptors (Lipinski definition) is 3. The van der Waals surface area contributed by atoms with Crippen LogP contribution in [0.3, 0.4) is 0 Å². The van der Waals surface area contributed by atoms with Crippen LogP contribution in [0.4, 0.5) is 0 Å². The first-order valence-corrected chi connectivity index (χ1v) is 6.69. The standard InChI is InChI=1S/C15H25NO2/c1-4-7-17-8-9-18-15-6-5-12(2)10-14(15)11-13(3)16/h5-6,10,13H,4,7-9,11,16H2,1-3H3. The van der Waals surface area contributed by atoms with Gasteiger partial charge in [0.2, 0.25) is 0 Å². The molecule has 1 aromatic rings. The van der Waals surface area contributed by atoms with Gasteiger partial charge in [-0.2, -0.15) is 0 Å². The smallest absolute Gasteiger partial charge is 0.122 e. The van der Waals surface area contributed by atoms with Gasteiger partial charge in [-0.25, -0.2) is 0 Å². The zero-order valence-electron chi connectivity index (χ0n) is 11.7. The first-order valence-electron chi connectivity index (χ1n) is 6.69. The van der Waals surface area contributed by atoms with Crippen LogP contribution in [0.5, 0.6) is 5.75 Å². The summed E-state index contributed by atoms with van der Waals surface area (Å²) in [5.74, 6) is 0.929. The molecule has 1 unspecified atom stereocenters. The van der Waals surface area contributed by atoms with Crippen LogP contribution in [-0.4, -0.2) is 25.9 Å².